The third kappa shape index (κ3) is 3.62. The van der Waals surface area contributed by atoms with Crippen LogP contribution >= 0.6 is 11.8 Å². The lowest BCUT2D eigenvalue weighted by molar-refractivity contribution is -0.128. The number of ketones is 1. The lowest BCUT2D eigenvalue weighted by atomic mass is 9.70. The Hall–Kier alpha value is -2.11. The Morgan fingerprint density at radius 2 is 2.10 bits per heavy atom. The molecule has 2 fully saturated rings. The lowest BCUT2D eigenvalue weighted by Gasteiger charge is -2.35. The summed E-state index contributed by atoms with van der Waals surface area (Å²) in [5, 5.41) is 16.0. The van der Waals surface area contributed by atoms with E-state index in [1.165, 1.54) is 11.8 Å². The fourth-order valence-corrected chi connectivity index (χ4v) is 7.91. The molecular weight excluding hydrogens is 432 g/mol. The van der Waals surface area contributed by atoms with Crippen LogP contribution in [-0.2, 0) is 19.2 Å². The molecule has 0 aromatic heterocycles. The molecular formula is C23H26N2O4S2. The highest BCUT2D eigenvalue weighted by Crippen LogP contribution is 2.64. The number of allylic oxidation sites excluding steroid dienone is 1. The summed E-state index contributed by atoms with van der Waals surface area (Å²) in [5.74, 6) is -0.980. The van der Waals surface area contributed by atoms with Crippen molar-refractivity contribution in [3.63, 3.8) is 0 Å². The molecule has 6 nitrogen and oxygen atoms in total. The zero-order valence-electron chi connectivity index (χ0n) is 17.9. The van der Waals surface area contributed by atoms with Gasteiger partial charge in [0.1, 0.15) is 16.6 Å². The first-order chi connectivity index (χ1) is 14.6. The van der Waals surface area contributed by atoms with Crippen LogP contribution in [0.15, 0.2) is 40.9 Å². The van der Waals surface area contributed by atoms with E-state index >= 15 is 0 Å². The topological polar surface area (TPSA) is 96.6 Å². The molecule has 0 saturated heterocycles. The monoisotopic (exact) mass is 458 g/mol. The van der Waals surface area contributed by atoms with E-state index in [9.17, 15) is 18.5 Å². The number of rotatable bonds is 6. The lowest BCUT2D eigenvalue weighted by Crippen LogP contribution is -2.42. The van der Waals surface area contributed by atoms with Crippen LogP contribution in [0.2, 0.25) is 0 Å². The van der Waals surface area contributed by atoms with Crippen molar-refractivity contribution in [1.29, 1.82) is 5.26 Å². The number of fused-ring (bicyclic) bond motifs is 2. The van der Waals surface area contributed by atoms with Crippen LogP contribution in [0.3, 0.4) is 0 Å². The molecule has 1 heterocycles. The number of carbonyl (C=O) groups is 1. The first-order valence-corrected chi connectivity index (χ1v) is 12.9. The Morgan fingerprint density at radius 1 is 1.35 bits per heavy atom. The largest absolute Gasteiger partial charge is 0.329 e. The van der Waals surface area contributed by atoms with Gasteiger partial charge < -0.3 is 0 Å². The Bertz CT molecular complexity index is 1120. The molecule has 164 valence electrons. The molecule has 0 spiro atoms. The number of hydrogen-bond donors (Lipinski definition) is 0. The van der Waals surface area contributed by atoms with E-state index in [1.54, 1.807) is 5.41 Å². The molecule has 4 atom stereocenters. The van der Waals surface area contributed by atoms with Crippen molar-refractivity contribution in [2.75, 3.05) is 5.75 Å². The first kappa shape index (κ1) is 22.1. The number of Topliss-reactive ketones (excluding diaryl/α,β-unsaturated/α-hetero) is 1. The van der Waals surface area contributed by atoms with Crippen molar-refractivity contribution in [3.8, 4) is 6.07 Å². The van der Waals surface area contributed by atoms with Gasteiger partial charge in [0, 0.05) is 12.3 Å². The number of thioether (sulfide) groups is 1. The molecule has 0 radical (unpaired) electrons. The fourth-order valence-electron chi connectivity index (χ4n) is 5.50. The van der Waals surface area contributed by atoms with Crippen LogP contribution < -0.4 is 0 Å². The molecule has 1 aliphatic heterocycles. The van der Waals surface area contributed by atoms with E-state index in [4.69, 9.17) is 4.28 Å². The Balaban J connectivity index is 1.54. The first-order valence-electron chi connectivity index (χ1n) is 10.4. The van der Waals surface area contributed by atoms with E-state index in [2.05, 4.69) is 11.2 Å². The zero-order chi connectivity index (χ0) is 22.4. The molecule has 0 N–H and O–H groups in total. The average molecular weight is 459 g/mol. The summed E-state index contributed by atoms with van der Waals surface area (Å²) in [7, 11) is -4.06. The van der Waals surface area contributed by atoms with Crippen molar-refractivity contribution in [2.24, 2.45) is 27.8 Å². The quantitative estimate of drug-likeness (QED) is 0.581. The molecule has 8 heteroatoms. The summed E-state index contributed by atoms with van der Waals surface area (Å²) in [4.78, 5) is 12.7. The fraction of sp³-hybridized carbons (Fsp3) is 0.522. The molecule has 2 bridgehead atoms. The highest BCUT2D eigenvalue weighted by atomic mass is 32.2. The number of hydrogen-bond acceptors (Lipinski definition) is 7. The molecule has 31 heavy (non-hydrogen) atoms. The van der Waals surface area contributed by atoms with Crippen molar-refractivity contribution in [3.05, 3.63) is 46.9 Å². The number of nitrogens with zero attached hydrogens (tertiary/aromatic N) is 2. The van der Waals surface area contributed by atoms with Gasteiger partial charge in [0.2, 0.25) is 0 Å². The summed E-state index contributed by atoms with van der Waals surface area (Å²) in [6, 6.07) is 9.97. The molecule has 0 amide bonds. The highest BCUT2D eigenvalue weighted by molar-refractivity contribution is 8.16. The number of nitriles is 1. The third-order valence-corrected chi connectivity index (χ3v) is 9.61. The van der Waals surface area contributed by atoms with Crippen LogP contribution in [-0.4, -0.2) is 25.0 Å². The van der Waals surface area contributed by atoms with Crippen LogP contribution in [0.5, 0.6) is 0 Å². The number of oxime groups is 1. The van der Waals surface area contributed by atoms with E-state index in [1.807, 2.05) is 51.1 Å². The Kier molecular flexibility index (Phi) is 5.55. The average Bonchev–Trinajstić information content (AvgIpc) is 3.31. The van der Waals surface area contributed by atoms with Crippen molar-refractivity contribution in [2.45, 2.75) is 46.0 Å². The summed E-state index contributed by atoms with van der Waals surface area (Å²) in [6.07, 6.45) is 3.74. The number of aryl methyl sites for hydroxylation is 1. The van der Waals surface area contributed by atoms with E-state index in [-0.39, 0.29) is 28.8 Å². The van der Waals surface area contributed by atoms with Crippen molar-refractivity contribution >= 4 is 32.7 Å². The van der Waals surface area contributed by atoms with Crippen LogP contribution in [0.25, 0.3) is 0 Å². The zero-order valence-corrected chi connectivity index (χ0v) is 19.5. The second-order valence-electron chi connectivity index (χ2n) is 9.31. The molecule has 4 unspecified atom stereocenters. The number of benzene rings is 1. The minimum absolute atomic E-state index is 0.0208. The molecule has 4 rings (SSSR count). The minimum Gasteiger partial charge on any atom is -0.299 e. The second kappa shape index (κ2) is 7.79. The summed E-state index contributed by atoms with van der Waals surface area (Å²) in [6.45, 7) is 5.92. The van der Waals surface area contributed by atoms with Crippen molar-refractivity contribution in [1.82, 2.24) is 0 Å². The van der Waals surface area contributed by atoms with Gasteiger partial charge in [-0.2, -0.15) is 13.7 Å². The van der Waals surface area contributed by atoms with E-state index in [0.717, 1.165) is 17.5 Å². The Labute approximate surface area is 187 Å². The summed E-state index contributed by atoms with van der Waals surface area (Å²) >= 11 is 1.25. The summed E-state index contributed by atoms with van der Waals surface area (Å²) < 4.78 is 30.8. The predicted molar refractivity (Wildman–Crippen MR) is 121 cm³/mol. The highest BCUT2D eigenvalue weighted by Gasteiger charge is 2.65. The van der Waals surface area contributed by atoms with E-state index in [0.29, 0.717) is 17.9 Å². The SMILES string of the molecule is Cc1ccccc1C(C#N)C1C=CS/C1=N\OS(=O)(=O)CC12CCC(CC1=O)C2(C)C. The second-order valence-corrected chi connectivity index (χ2v) is 11.8. The maximum atomic E-state index is 12.9. The number of carbonyl (C=O) groups excluding carboxylic acids is 1. The molecule has 1 aromatic carbocycles. The van der Waals surface area contributed by atoms with Gasteiger partial charge in [-0.25, -0.2) is 0 Å². The maximum absolute atomic E-state index is 12.9. The molecule has 2 aliphatic carbocycles. The predicted octanol–water partition coefficient (Wildman–Crippen LogP) is 4.53. The van der Waals surface area contributed by atoms with Crippen LogP contribution in [0.1, 0.15) is 50.2 Å². The van der Waals surface area contributed by atoms with Gasteiger partial charge in [-0.1, -0.05) is 61.1 Å². The summed E-state index contributed by atoms with van der Waals surface area (Å²) in [5.41, 5.74) is 0.611. The van der Waals surface area contributed by atoms with Crippen molar-refractivity contribution < 1.29 is 17.5 Å². The molecule has 1 aromatic rings. The van der Waals surface area contributed by atoms with Gasteiger partial charge in [0.25, 0.3) is 0 Å². The minimum atomic E-state index is -4.06. The van der Waals surface area contributed by atoms with Gasteiger partial charge in [0.15, 0.2) is 0 Å². The molecule has 3 aliphatic rings. The standard InChI is InChI=1S/C23H26N2O4S2/c1-15-6-4-5-7-17(15)19(13-24)18-9-11-30-21(18)25-29-31(27,28)14-23-10-8-16(12-20(23)26)22(23,2)3/h4-7,9,11,16,18-19H,8,10,12,14H2,1-3H3/b25-21-. The smallest absolute Gasteiger partial charge is 0.299 e. The normalized spacial score (nSPS) is 31.2. The van der Waals surface area contributed by atoms with Gasteiger partial charge in [-0.05, 0) is 47.6 Å². The van der Waals surface area contributed by atoms with Gasteiger partial charge in [0.05, 0.1) is 17.4 Å². The maximum Gasteiger partial charge on any atom is 0.329 e. The Morgan fingerprint density at radius 3 is 2.71 bits per heavy atom. The van der Waals surface area contributed by atoms with Crippen LogP contribution in [0, 0.1) is 40.9 Å². The van der Waals surface area contributed by atoms with Crippen LogP contribution in [0.4, 0.5) is 0 Å². The van der Waals surface area contributed by atoms with Gasteiger partial charge in [-0.3, -0.25) is 9.08 Å². The molecule has 2 saturated carbocycles. The van der Waals surface area contributed by atoms with Gasteiger partial charge >= 0.3 is 10.1 Å². The van der Waals surface area contributed by atoms with E-state index < -0.39 is 21.5 Å². The third-order valence-electron chi connectivity index (χ3n) is 7.58. The van der Waals surface area contributed by atoms with Gasteiger partial charge in [-0.15, -0.1) is 0 Å².